The van der Waals surface area contributed by atoms with E-state index in [0.717, 1.165) is 30.4 Å². The predicted octanol–water partition coefficient (Wildman–Crippen LogP) is 6.47. The van der Waals surface area contributed by atoms with Gasteiger partial charge in [0, 0.05) is 10.6 Å². The molecule has 1 heterocycles. The number of halogens is 1. The van der Waals surface area contributed by atoms with Crippen LogP contribution in [0.25, 0.3) is 0 Å². The van der Waals surface area contributed by atoms with Gasteiger partial charge in [0.05, 0.1) is 44.4 Å². The van der Waals surface area contributed by atoms with Crippen LogP contribution in [0.2, 0.25) is 5.02 Å². The molecule has 2 aliphatic rings. The van der Waals surface area contributed by atoms with Crippen LogP contribution in [0.3, 0.4) is 0 Å². The van der Waals surface area contributed by atoms with E-state index in [-0.39, 0.29) is 24.4 Å². The number of fused-ring (bicyclic) bond motifs is 3. The lowest BCUT2D eigenvalue weighted by molar-refractivity contribution is 0.0930. The second-order valence-corrected chi connectivity index (χ2v) is 11.4. The number of carbonyl (C=O) groups is 2. The summed E-state index contributed by atoms with van der Waals surface area (Å²) in [5.41, 5.74) is 4.50. The van der Waals surface area contributed by atoms with Crippen molar-refractivity contribution in [1.29, 1.82) is 0 Å². The Balaban J connectivity index is 1.40. The Kier molecular flexibility index (Phi) is 6.60. The number of hydrogen-bond acceptors (Lipinski definition) is 3. The van der Waals surface area contributed by atoms with Crippen molar-refractivity contribution in [2.45, 2.75) is 41.6 Å². The van der Waals surface area contributed by atoms with Crippen LogP contribution in [0.5, 0.6) is 0 Å². The van der Waals surface area contributed by atoms with E-state index in [4.69, 9.17) is 11.6 Å². The third-order valence-corrected chi connectivity index (χ3v) is 8.91. The quantitative estimate of drug-likeness (QED) is 0.322. The van der Waals surface area contributed by atoms with Crippen molar-refractivity contribution in [3.05, 3.63) is 124 Å². The molecule has 1 N–H and O–H groups in total. The Hall–Kier alpha value is -3.74. The summed E-state index contributed by atoms with van der Waals surface area (Å²) in [6, 6.07) is 27.5. The summed E-state index contributed by atoms with van der Waals surface area (Å²) in [7, 11) is -1.59. The van der Waals surface area contributed by atoms with E-state index in [0.29, 0.717) is 31.6 Å². The van der Waals surface area contributed by atoms with Crippen LogP contribution in [0.4, 0.5) is 5.69 Å². The number of carbonyl (C=O) groups excluding carboxylic acids is 2. The van der Waals surface area contributed by atoms with Crippen molar-refractivity contribution < 1.29 is 13.8 Å². The largest absolute Gasteiger partial charge is 0.345 e. The lowest BCUT2D eigenvalue weighted by Gasteiger charge is -2.27. The van der Waals surface area contributed by atoms with Crippen LogP contribution in [-0.4, -0.2) is 16.0 Å². The van der Waals surface area contributed by atoms with Crippen LogP contribution in [0, 0.1) is 0 Å². The fraction of sp³-hybridized carbons (Fsp3) is 0.161. The van der Waals surface area contributed by atoms with Crippen molar-refractivity contribution in [1.82, 2.24) is 5.32 Å². The third-order valence-electron chi connectivity index (χ3n) is 7.18. The number of hydrogen-bond donors (Lipinski definition) is 1. The summed E-state index contributed by atoms with van der Waals surface area (Å²) in [6.07, 6.45) is 2.88. The number of nitrogens with zero attached hydrogens (tertiary/aromatic N) is 1. The molecule has 0 saturated carbocycles. The summed E-state index contributed by atoms with van der Waals surface area (Å²) >= 11 is 6.23. The third kappa shape index (κ3) is 4.55. The first-order valence-electron chi connectivity index (χ1n) is 12.6. The van der Waals surface area contributed by atoms with Crippen molar-refractivity contribution in [2.75, 3.05) is 4.90 Å². The number of benzene rings is 4. The van der Waals surface area contributed by atoms with Crippen LogP contribution >= 0.6 is 11.6 Å². The van der Waals surface area contributed by atoms with Gasteiger partial charge in [-0.15, -0.1) is 0 Å². The summed E-state index contributed by atoms with van der Waals surface area (Å²) in [5.74, 6) is -0.497. The van der Waals surface area contributed by atoms with Crippen LogP contribution in [-0.2, 0) is 23.8 Å². The lowest BCUT2D eigenvalue weighted by atomic mass is 9.87. The Labute approximate surface area is 228 Å². The number of amides is 2. The normalized spacial score (nSPS) is 18.1. The average Bonchev–Trinajstić information content (AvgIpc) is 3.02. The molecule has 5 nitrogen and oxygen atoms in total. The molecule has 0 bridgehead atoms. The van der Waals surface area contributed by atoms with Gasteiger partial charge in [0.1, 0.15) is 0 Å². The molecule has 0 spiro atoms. The summed E-state index contributed by atoms with van der Waals surface area (Å²) < 4.78 is 13.7. The van der Waals surface area contributed by atoms with Gasteiger partial charge in [-0.25, -0.2) is 4.21 Å². The molecular formula is C31H25ClN2O3S. The number of nitrogens with one attached hydrogen (secondary N) is 1. The van der Waals surface area contributed by atoms with E-state index >= 15 is 0 Å². The molecule has 0 unspecified atom stereocenters. The van der Waals surface area contributed by atoms with Crippen molar-refractivity contribution in [3.8, 4) is 0 Å². The fourth-order valence-corrected chi connectivity index (χ4v) is 6.88. The Morgan fingerprint density at radius 1 is 0.947 bits per heavy atom. The molecule has 190 valence electrons. The molecule has 0 saturated heterocycles. The Bertz CT molecular complexity index is 1600. The maximum atomic E-state index is 13.8. The van der Waals surface area contributed by atoms with Gasteiger partial charge in [-0.3, -0.25) is 9.59 Å². The zero-order valence-corrected chi connectivity index (χ0v) is 22.1. The highest BCUT2D eigenvalue weighted by Crippen LogP contribution is 2.37. The number of anilines is 1. The molecule has 2 amide bonds. The molecular weight excluding hydrogens is 516 g/mol. The molecule has 38 heavy (non-hydrogen) atoms. The predicted molar refractivity (Wildman–Crippen MR) is 149 cm³/mol. The Morgan fingerprint density at radius 3 is 2.63 bits per heavy atom. The van der Waals surface area contributed by atoms with E-state index in [1.165, 1.54) is 5.56 Å². The van der Waals surface area contributed by atoms with Gasteiger partial charge < -0.3 is 10.2 Å². The smallest absolute Gasteiger partial charge is 0.259 e. The second kappa shape index (κ2) is 10.2. The van der Waals surface area contributed by atoms with Crippen LogP contribution in [0.1, 0.15) is 56.3 Å². The monoisotopic (exact) mass is 540 g/mol. The maximum absolute atomic E-state index is 13.8. The van der Waals surface area contributed by atoms with E-state index in [2.05, 4.69) is 17.4 Å². The minimum atomic E-state index is -1.59. The second-order valence-electron chi connectivity index (χ2n) is 9.59. The highest BCUT2D eigenvalue weighted by molar-refractivity contribution is 7.85. The molecule has 2 atom stereocenters. The van der Waals surface area contributed by atoms with Gasteiger partial charge >= 0.3 is 0 Å². The molecule has 0 aromatic heterocycles. The standard InChI is InChI=1S/C31H25ClN2O3S/c32-23-10-5-7-20(17-23)19-34-27-18-22(30(35)33-26-13-6-9-21-8-1-2-11-24(21)26)15-16-29(27)38(37)28-14-4-3-12-25(28)31(34)36/h1-5,7-8,10-12,14-18,26H,6,9,13,19H2,(H,33,35)/t26-,38-/m1/s1. The molecule has 7 heteroatoms. The molecule has 6 rings (SSSR count). The van der Waals surface area contributed by atoms with Gasteiger partial charge in [0.15, 0.2) is 0 Å². The maximum Gasteiger partial charge on any atom is 0.259 e. The first-order chi connectivity index (χ1) is 18.5. The minimum Gasteiger partial charge on any atom is -0.345 e. The van der Waals surface area contributed by atoms with Crippen molar-refractivity contribution in [3.63, 3.8) is 0 Å². The molecule has 4 aromatic carbocycles. The lowest BCUT2D eigenvalue weighted by Crippen LogP contribution is -2.32. The average molecular weight is 541 g/mol. The zero-order chi connectivity index (χ0) is 26.2. The highest BCUT2D eigenvalue weighted by atomic mass is 35.5. The summed E-state index contributed by atoms with van der Waals surface area (Å²) in [4.78, 5) is 29.9. The minimum absolute atomic E-state index is 0.0751. The van der Waals surface area contributed by atoms with Gasteiger partial charge in [-0.05, 0) is 78.4 Å². The molecule has 0 fully saturated rings. The van der Waals surface area contributed by atoms with E-state index in [1.807, 2.05) is 24.3 Å². The number of aryl methyl sites for hydroxylation is 1. The summed E-state index contributed by atoms with van der Waals surface area (Å²) in [6.45, 7) is 0.221. The van der Waals surface area contributed by atoms with Crippen molar-refractivity contribution in [2.24, 2.45) is 0 Å². The fourth-order valence-electron chi connectivity index (χ4n) is 5.32. The molecule has 1 aliphatic heterocycles. The van der Waals surface area contributed by atoms with E-state index in [9.17, 15) is 13.8 Å². The first kappa shape index (κ1) is 24.6. The molecule has 1 aliphatic carbocycles. The van der Waals surface area contributed by atoms with Crippen LogP contribution < -0.4 is 10.2 Å². The van der Waals surface area contributed by atoms with Gasteiger partial charge in [0.2, 0.25) is 0 Å². The SMILES string of the molecule is O=C(N[C@@H]1CCCc2ccccc21)c1ccc2c(c1)N(Cc1cccc(Cl)c1)C(=O)c1ccccc1[S@]2=O. The van der Waals surface area contributed by atoms with Gasteiger partial charge in [0.25, 0.3) is 11.8 Å². The van der Waals surface area contributed by atoms with Crippen molar-refractivity contribution >= 4 is 39.9 Å². The zero-order valence-electron chi connectivity index (χ0n) is 20.5. The summed E-state index contributed by atoms with van der Waals surface area (Å²) in [5, 5.41) is 3.75. The number of rotatable bonds is 4. The molecule has 0 radical (unpaired) electrons. The van der Waals surface area contributed by atoms with E-state index in [1.54, 1.807) is 59.5 Å². The molecule has 4 aromatic rings. The van der Waals surface area contributed by atoms with Crippen LogP contribution in [0.15, 0.2) is 101 Å². The van der Waals surface area contributed by atoms with E-state index < -0.39 is 10.8 Å². The van der Waals surface area contributed by atoms with Gasteiger partial charge in [-0.2, -0.15) is 0 Å². The topological polar surface area (TPSA) is 66.5 Å². The first-order valence-corrected chi connectivity index (χ1v) is 14.1. The Morgan fingerprint density at radius 2 is 1.76 bits per heavy atom. The van der Waals surface area contributed by atoms with Gasteiger partial charge in [-0.1, -0.05) is 60.1 Å². The highest BCUT2D eigenvalue weighted by Gasteiger charge is 2.32.